The van der Waals surface area contributed by atoms with Crippen LogP contribution >= 0.6 is 12.4 Å². The van der Waals surface area contributed by atoms with Gasteiger partial charge in [0, 0.05) is 12.1 Å². The lowest BCUT2D eigenvalue weighted by Gasteiger charge is -2.37. The Hall–Kier alpha value is -0.810. The third kappa shape index (κ3) is 5.62. The number of nitrogens with two attached hydrogens (primary N) is 1. The van der Waals surface area contributed by atoms with Crippen LogP contribution < -0.4 is 11.1 Å². The molecule has 3 N–H and O–H groups in total. The van der Waals surface area contributed by atoms with Crippen molar-refractivity contribution in [1.29, 1.82) is 0 Å². The number of carbonyl (C=O) groups excluding carboxylic acids is 2. The van der Waals surface area contributed by atoms with Crippen molar-refractivity contribution in [3.8, 4) is 0 Å². The summed E-state index contributed by atoms with van der Waals surface area (Å²) in [6, 6.07) is 0.229. The van der Waals surface area contributed by atoms with Crippen molar-refractivity contribution in [3.05, 3.63) is 0 Å². The van der Waals surface area contributed by atoms with Crippen LogP contribution in [0, 0.1) is 11.8 Å². The third-order valence-electron chi connectivity index (χ3n) is 5.45. The Kier molecular flexibility index (Phi) is 8.51. The molecule has 2 saturated carbocycles. The minimum absolute atomic E-state index is 0. The molecule has 0 saturated heterocycles. The normalized spacial score (nSPS) is 24.9. The van der Waals surface area contributed by atoms with Gasteiger partial charge < -0.3 is 16.0 Å². The van der Waals surface area contributed by atoms with Crippen LogP contribution in [0.4, 0.5) is 0 Å². The van der Waals surface area contributed by atoms with Gasteiger partial charge in [-0.15, -0.1) is 12.4 Å². The molecule has 0 spiro atoms. The van der Waals surface area contributed by atoms with Crippen molar-refractivity contribution in [2.75, 3.05) is 6.54 Å². The van der Waals surface area contributed by atoms with Crippen LogP contribution in [0.1, 0.15) is 65.7 Å². The maximum Gasteiger partial charge on any atom is 0.242 e. The zero-order valence-corrected chi connectivity index (χ0v) is 16.1. The first-order chi connectivity index (χ1) is 10.9. The molecule has 0 radical (unpaired) electrons. The fourth-order valence-electron chi connectivity index (χ4n) is 3.56. The molecule has 0 aliphatic heterocycles. The van der Waals surface area contributed by atoms with Gasteiger partial charge in [-0.05, 0) is 50.4 Å². The summed E-state index contributed by atoms with van der Waals surface area (Å²) in [5, 5.41) is 2.73. The van der Waals surface area contributed by atoms with Gasteiger partial charge in [-0.1, -0.05) is 27.2 Å². The Labute approximate surface area is 152 Å². The Morgan fingerprint density at radius 1 is 1.08 bits per heavy atom. The number of nitrogens with one attached hydrogen (secondary N) is 1. The van der Waals surface area contributed by atoms with Crippen LogP contribution in [-0.2, 0) is 9.59 Å². The van der Waals surface area contributed by atoms with Crippen LogP contribution in [0.5, 0.6) is 0 Å². The molecule has 2 aliphatic carbocycles. The molecule has 2 amide bonds. The SMILES string of the molecule is CCC1CCC(N(C(=O)CNC(=O)[C@@H](N)C(C)C)C2CC2)CC1.Cl. The average molecular weight is 360 g/mol. The second kappa shape index (κ2) is 9.62. The molecular weight excluding hydrogens is 326 g/mol. The van der Waals surface area contributed by atoms with Crippen LogP contribution in [0.3, 0.4) is 0 Å². The smallest absolute Gasteiger partial charge is 0.242 e. The lowest BCUT2D eigenvalue weighted by molar-refractivity contribution is -0.136. The Bertz CT molecular complexity index is 418. The first-order valence-electron chi connectivity index (χ1n) is 9.28. The first kappa shape index (κ1) is 21.2. The van der Waals surface area contributed by atoms with Crippen molar-refractivity contribution < 1.29 is 9.59 Å². The average Bonchev–Trinajstić information content (AvgIpc) is 3.37. The van der Waals surface area contributed by atoms with E-state index >= 15 is 0 Å². The van der Waals surface area contributed by atoms with Gasteiger partial charge in [-0.25, -0.2) is 0 Å². The summed E-state index contributed by atoms with van der Waals surface area (Å²) in [7, 11) is 0. The van der Waals surface area contributed by atoms with E-state index in [0.29, 0.717) is 12.1 Å². The van der Waals surface area contributed by atoms with E-state index in [2.05, 4.69) is 17.1 Å². The van der Waals surface area contributed by atoms with Crippen molar-refractivity contribution in [1.82, 2.24) is 10.2 Å². The third-order valence-corrected chi connectivity index (χ3v) is 5.45. The highest BCUT2D eigenvalue weighted by Crippen LogP contribution is 2.36. The van der Waals surface area contributed by atoms with E-state index in [1.807, 2.05) is 13.8 Å². The first-order valence-corrected chi connectivity index (χ1v) is 9.28. The van der Waals surface area contributed by atoms with E-state index in [-0.39, 0.29) is 36.7 Å². The molecule has 0 heterocycles. The van der Waals surface area contributed by atoms with E-state index in [1.54, 1.807) is 0 Å². The van der Waals surface area contributed by atoms with Gasteiger partial charge in [-0.2, -0.15) is 0 Å². The molecule has 2 aliphatic rings. The van der Waals surface area contributed by atoms with E-state index in [9.17, 15) is 9.59 Å². The highest BCUT2D eigenvalue weighted by Gasteiger charge is 2.38. The minimum atomic E-state index is -0.544. The van der Waals surface area contributed by atoms with Crippen LogP contribution in [0.2, 0.25) is 0 Å². The predicted molar refractivity (Wildman–Crippen MR) is 99.0 cm³/mol. The lowest BCUT2D eigenvalue weighted by Crippen LogP contribution is -2.51. The van der Waals surface area contributed by atoms with E-state index in [1.165, 1.54) is 19.3 Å². The van der Waals surface area contributed by atoms with E-state index in [4.69, 9.17) is 5.73 Å². The Balaban J connectivity index is 0.00000288. The molecular formula is C18H34ClN3O2. The molecule has 2 rings (SSSR count). The van der Waals surface area contributed by atoms with Crippen molar-refractivity contribution >= 4 is 24.2 Å². The highest BCUT2D eigenvalue weighted by molar-refractivity contribution is 5.87. The molecule has 0 unspecified atom stereocenters. The maximum absolute atomic E-state index is 12.6. The number of hydrogen-bond acceptors (Lipinski definition) is 3. The van der Waals surface area contributed by atoms with Gasteiger partial charge in [0.2, 0.25) is 11.8 Å². The standard InChI is InChI=1S/C18H33N3O2.ClH/c1-4-13-5-7-14(8-6-13)21(15-9-10-15)16(22)11-20-18(23)17(19)12(2)3;/h12-15,17H,4-11,19H2,1-3H3,(H,20,23);1H/t13?,14?,17-;/m0./s1. The van der Waals surface area contributed by atoms with Gasteiger partial charge in [-0.3, -0.25) is 9.59 Å². The van der Waals surface area contributed by atoms with Gasteiger partial charge in [0.1, 0.15) is 0 Å². The number of carbonyl (C=O) groups is 2. The number of hydrogen-bond donors (Lipinski definition) is 2. The Morgan fingerprint density at radius 3 is 2.00 bits per heavy atom. The molecule has 0 bridgehead atoms. The summed E-state index contributed by atoms with van der Waals surface area (Å²) >= 11 is 0. The number of nitrogens with zero attached hydrogens (tertiary/aromatic N) is 1. The molecule has 1 atom stereocenters. The highest BCUT2D eigenvalue weighted by atomic mass is 35.5. The molecule has 0 aromatic carbocycles. The van der Waals surface area contributed by atoms with Gasteiger partial charge in [0.25, 0.3) is 0 Å². The van der Waals surface area contributed by atoms with Crippen molar-refractivity contribution in [2.24, 2.45) is 17.6 Å². The fourth-order valence-corrected chi connectivity index (χ4v) is 3.56. The lowest BCUT2D eigenvalue weighted by atomic mass is 9.84. The van der Waals surface area contributed by atoms with Gasteiger partial charge >= 0.3 is 0 Å². The summed E-state index contributed by atoms with van der Waals surface area (Å²) in [6.07, 6.45) is 8.13. The summed E-state index contributed by atoms with van der Waals surface area (Å²) in [6.45, 7) is 6.16. The number of rotatable bonds is 7. The minimum Gasteiger partial charge on any atom is -0.346 e. The summed E-state index contributed by atoms with van der Waals surface area (Å²) < 4.78 is 0. The largest absolute Gasteiger partial charge is 0.346 e. The summed E-state index contributed by atoms with van der Waals surface area (Å²) in [5.74, 6) is 0.746. The quantitative estimate of drug-likeness (QED) is 0.733. The van der Waals surface area contributed by atoms with Crippen molar-refractivity contribution in [3.63, 3.8) is 0 Å². The maximum atomic E-state index is 12.6. The molecule has 5 nitrogen and oxygen atoms in total. The summed E-state index contributed by atoms with van der Waals surface area (Å²) in [5.41, 5.74) is 5.83. The van der Waals surface area contributed by atoms with E-state index < -0.39 is 6.04 Å². The zero-order valence-electron chi connectivity index (χ0n) is 15.3. The molecule has 6 heteroatoms. The second-order valence-electron chi connectivity index (χ2n) is 7.60. The molecule has 0 aromatic heterocycles. The monoisotopic (exact) mass is 359 g/mol. The predicted octanol–water partition coefficient (Wildman–Crippen LogP) is 2.47. The van der Waals surface area contributed by atoms with Crippen LogP contribution in [0.25, 0.3) is 0 Å². The van der Waals surface area contributed by atoms with Crippen LogP contribution in [-0.4, -0.2) is 41.4 Å². The molecule has 2 fully saturated rings. The van der Waals surface area contributed by atoms with Crippen molar-refractivity contribution in [2.45, 2.75) is 83.8 Å². The zero-order chi connectivity index (χ0) is 17.0. The molecule has 140 valence electrons. The fraction of sp³-hybridized carbons (Fsp3) is 0.889. The molecule has 0 aromatic rings. The summed E-state index contributed by atoms with van der Waals surface area (Å²) in [4.78, 5) is 26.7. The number of amides is 2. The van der Waals surface area contributed by atoms with E-state index in [0.717, 1.165) is 31.6 Å². The molecule has 24 heavy (non-hydrogen) atoms. The topological polar surface area (TPSA) is 75.4 Å². The van der Waals surface area contributed by atoms with Gasteiger partial charge in [0.05, 0.1) is 12.6 Å². The Morgan fingerprint density at radius 2 is 1.58 bits per heavy atom. The number of halogens is 1. The van der Waals surface area contributed by atoms with Crippen LogP contribution in [0.15, 0.2) is 0 Å². The van der Waals surface area contributed by atoms with Gasteiger partial charge in [0.15, 0.2) is 0 Å². The second-order valence-corrected chi connectivity index (χ2v) is 7.60.